The summed E-state index contributed by atoms with van der Waals surface area (Å²) in [6.07, 6.45) is 0.161. The zero-order valence-corrected chi connectivity index (χ0v) is 22.9. The fourth-order valence-electron chi connectivity index (χ4n) is 2.95. The van der Waals surface area contributed by atoms with Crippen LogP contribution in [-0.4, -0.2) is 39.1 Å². The number of pyridine rings is 1. The van der Waals surface area contributed by atoms with E-state index in [-0.39, 0.29) is 30.3 Å². The first-order valence-corrected chi connectivity index (χ1v) is 14.8. The second kappa shape index (κ2) is 14.6. The van der Waals surface area contributed by atoms with Crippen molar-refractivity contribution >= 4 is 67.3 Å². The highest BCUT2D eigenvalue weighted by Gasteiger charge is 2.21. The molecule has 13 nitrogen and oxygen atoms in total. The number of carbonyl (C=O) groups excluding carboxylic acids is 1. The molecule has 2 unspecified atom stereocenters. The molecule has 0 aliphatic rings. The van der Waals surface area contributed by atoms with Crippen LogP contribution in [0.3, 0.4) is 0 Å². The third-order valence-corrected chi connectivity index (χ3v) is 9.04. The number of aromatic nitrogens is 1. The molecule has 2 atom stereocenters. The minimum Gasteiger partial charge on any atom is -0.433 e. The molecule has 204 valence electrons. The molecule has 0 aliphatic heterocycles. The van der Waals surface area contributed by atoms with Gasteiger partial charge < -0.3 is 9.47 Å². The molecule has 1 heterocycles. The predicted octanol–water partition coefficient (Wildman–Crippen LogP) is 6.76. The van der Waals surface area contributed by atoms with Gasteiger partial charge >= 0.3 is 6.16 Å². The molecule has 1 aromatic heterocycles. The molecule has 0 saturated carbocycles. The van der Waals surface area contributed by atoms with E-state index < -0.39 is 31.4 Å². The molecule has 3 aromatic rings. The molecule has 0 fully saturated rings. The van der Waals surface area contributed by atoms with E-state index in [0.717, 1.165) is 17.0 Å². The molecule has 39 heavy (non-hydrogen) atoms. The Kier molecular flexibility index (Phi) is 11.2. The second-order valence-corrected chi connectivity index (χ2v) is 11.3. The largest absolute Gasteiger partial charge is 0.508 e. The van der Waals surface area contributed by atoms with Crippen molar-refractivity contribution in [2.24, 2.45) is 0 Å². The Hall–Kier alpha value is -3.54. The normalized spacial score (nSPS) is 12.2. The van der Waals surface area contributed by atoms with Crippen molar-refractivity contribution in [3.8, 4) is 0 Å². The first-order chi connectivity index (χ1) is 18.7. The lowest BCUT2D eigenvalue weighted by Crippen LogP contribution is -2.15. The number of thiol groups is 1. The summed E-state index contributed by atoms with van der Waals surface area (Å²) in [5.41, 5.74) is 0.962. The third kappa shape index (κ3) is 9.02. The Morgan fingerprint density at radius 3 is 1.67 bits per heavy atom. The van der Waals surface area contributed by atoms with Crippen LogP contribution in [0.4, 0.5) is 21.9 Å². The summed E-state index contributed by atoms with van der Waals surface area (Å²) < 4.78 is 10.5. The Morgan fingerprint density at radius 1 is 0.769 bits per heavy atom. The SMILES string of the molecule is O=C(OCC(SS)c1ccc([N+](=O)[O-])cc1)OCC(SSc1ccc([N+](=O)[O-])cn1)c1ccc([N+](=O)[O-])cc1. The highest BCUT2D eigenvalue weighted by molar-refractivity contribution is 8.76. The number of nitro benzene ring substituents is 2. The fraction of sp³-hybridized carbons (Fsp3) is 0.182. The predicted molar refractivity (Wildman–Crippen MR) is 150 cm³/mol. The Balaban J connectivity index is 1.62. The summed E-state index contributed by atoms with van der Waals surface area (Å²) >= 11 is 4.18. The van der Waals surface area contributed by atoms with Gasteiger partial charge in [0.1, 0.15) is 24.4 Å². The summed E-state index contributed by atoms with van der Waals surface area (Å²) in [6, 6.07) is 14.3. The van der Waals surface area contributed by atoms with Crippen LogP contribution in [0.1, 0.15) is 21.6 Å². The number of rotatable bonds is 13. The van der Waals surface area contributed by atoms with Crippen LogP contribution in [-0.2, 0) is 9.47 Å². The summed E-state index contributed by atoms with van der Waals surface area (Å²) in [5.74, 6) is 0. The van der Waals surface area contributed by atoms with Gasteiger partial charge in [0.2, 0.25) is 0 Å². The Labute approximate surface area is 237 Å². The van der Waals surface area contributed by atoms with Crippen molar-refractivity contribution in [3.05, 3.63) is 108 Å². The van der Waals surface area contributed by atoms with Crippen molar-refractivity contribution in [1.82, 2.24) is 4.98 Å². The molecule has 0 saturated heterocycles. The molecule has 0 aliphatic carbocycles. The number of nitrogens with zero attached hydrogens (tertiary/aromatic N) is 4. The van der Waals surface area contributed by atoms with Crippen molar-refractivity contribution in [2.45, 2.75) is 15.5 Å². The van der Waals surface area contributed by atoms with Crippen molar-refractivity contribution in [1.29, 1.82) is 0 Å². The number of ether oxygens (including phenoxy) is 2. The van der Waals surface area contributed by atoms with Gasteiger partial charge in [-0.3, -0.25) is 30.3 Å². The van der Waals surface area contributed by atoms with Gasteiger partial charge in [-0.25, -0.2) is 9.78 Å². The van der Waals surface area contributed by atoms with Crippen molar-refractivity contribution in [2.75, 3.05) is 13.2 Å². The Morgan fingerprint density at radius 2 is 1.23 bits per heavy atom. The first-order valence-electron chi connectivity index (χ1n) is 10.7. The van der Waals surface area contributed by atoms with E-state index in [1.807, 2.05) is 0 Å². The van der Waals surface area contributed by atoms with E-state index in [0.29, 0.717) is 16.2 Å². The fourth-order valence-corrected chi connectivity index (χ4v) is 6.18. The van der Waals surface area contributed by atoms with Gasteiger partial charge in [-0.05, 0) is 28.0 Å². The minimum absolute atomic E-state index is 0.0708. The lowest BCUT2D eigenvalue weighted by atomic mass is 10.1. The van der Waals surface area contributed by atoms with Crippen LogP contribution < -0.4 is 0 Å². The van der Waals surface area contributed by atoms with Gasteiger partial charge in [-0.15, -0.1) is 11.7 Å². The van der Waals surface area contributed by atoms with E-state index in [4.69, 9.17) is 9.47 Å². The number of carbonyl (C=O) groups is 1. The van der Waals surface area contributed by atoms with E-state index in [1.165, 1.54) is 70.1 Å². The molecule has 0 amide bonds. The molecule has 0 spiro atoms. The van der Waals surface area contributed by atoms with Crippen LogP contribution in [0.15, 0.2) is 71.9 Å². The smallest absolute Gasteiger partial charge is 0.433 e. The molecule has 17 heteroatoms. The van der Waals surface area contributed by atoms with Crippen LogP contribution in [0.25, 0.3) is 0 Å². The molecule has 3 rings (SSSR count). The molecular weight excluding hydrogens is 593 g/mol. The Bertz CT molecular complexity index is 1310. The lowest BCUT2D eigenvalue weighted by Gasteiger charge is -2.17. The van der Waals surface area contributed by atoms with E-state index in [2.05, 4.69) is 16.6 Å². The lowest BCUT2D eigenvalue weighted by molar-refractivity contribution is -0.385. The number of non-ortho nitro benzene ring substituents is 2. The summed E-state index contributed by atoms with van der Waals surface area (Å²) in [4.78, 5) is 47.4. The number of hydrogen-bond donors (Lipinski definition) is 1. The molecular formula is C22H18N4O9S4. The van der Waals surface area contributed by atoms with Crippen LogP contribution in [0, 0.1) is 30.3 Å². The van der Waals surface area contributed by atoms with Crippen LogP contribution >= 0.6 is 44.0 Å². The van der Waals surface area contributed by atoms with Crippen molar-refractivity contribution < 1.29 is 29.0 Å². The monoisotopic (exact) mass is 610 g/mol. The minimum atomic E-state index is -0.963. The quantitative estimate of drug-likeness (QED) is 0.0706. The highest BCUT2D eigenvalue weighted by atomic mass is 33.1. The zero-order valence-electron chi connectivity index (χ0n) is 19.6. The maximum absolute atomic E-state index is 12.3. The topological polar surface area (TPSA) is 178 Å². The van der Waals surface area contributed by atoms with Crippen molar-refractivity contribution in [3.63, 3.8) is 0 Å². The summed E-state index contributed by atoms with van der Waals surface area (Å²) in [6.45, 7) is -0.265. The molecule has 0 bridgehead atoms. The van der Waals surface area contributed by atoms with Gasteiger partial charge in [0.05, 0.1) is 25.3 Å². The average Bonchev–Trinajstić information content (AvgIpc) is 2.94. The van der Waals surface area contributed by atoms with E-state index >= 15 is 0 Å². The standard InChI is InChI=1S/C22H18N4O9S4/c27-22(34-12-19(37-36)14-1-5-16(6-2-14)24(28)29)35-13-20(15-3-7-17(8-4-15)25(30)31)38-39-21-10-9-18(11-23-21)26(32)33/h1-11,19-20,36H,12-13H2. The zero-order chi connectivity index (χ0) is 28.4. The highest BCUT2D eigenvalue weighted by Crippen LogP contribution is 2.42. The maximum atomic E-state index is 12.3. The average molecular weight is 611 g/mol. The summed E-state index contributed by atoms with van der Waals surface area (Å²) in [7, 11) is 3.51. The van der Waals surface area contributed by atoms with Gasteiger partial charge in [0.25, 0.3) is 17.1 Å². The number of benzene rings is 2. The maximum Gasteiger partial charge on any atom is 0.508 e. The first kappa shape index (κ1) is 30.0. The van der Waals surface area contributed by atoms with E-state index in [1.54, 1.807) is 12.1 Å². The second-order valence-electron chi connectivity index (χ2n) is 7.44. The van der Waals surface area contributed by atoms with Crippen LogP contribution in [0.2, 0.25) is 0 Å². The third-order valence-electron chi connectivity index (χ3n) is 4.96. The van der Waals surface area contributed by atoms with Gasteiger partial charge in [-0.2, -0.15) is 0 Å². The van der Waals surface area contributed by atoms with Gasteiger partial charge in [0.15, 0.2) is 0 Å². The molecule has 2 aromatic carbocycles. The molecule has 0 N–H and O–H groups in total. The number of hydrogen-bond acceptors (Lipinski definition) is 14. The van der Waals surface area contributed by atoms with E-state index in [9.17, 15) is 35.1 Å². The van der Waals surface area contributed by atoms with Crippen LogP contribution in [0.5, 0.6) is 0 Å². The number of nitro groups is 3. The van der Waals surface area contributed by atoms with Gasteiger partial charge in [0, 0.05) is 30.3 Å². The molecule has 0 radical (unpaired) electrons. The van der Waals surface area contributed by atoms with Gasteiger partial charge in [-0.1, -0.05) is 45.9 Å². The summed E-state index contributed by atoms with van der Waals surface area (Å²) in [5, 5.41) is 32.2.